The second-order valence-electron chi connectivity index (χ2n) is 6.82. The molecule has 0 bridgehead atoms. The minimum Gasteiger partial charge on any atom is -0.273 e. The van der Waals surface area contributed by atoms with Gasteiger partial charge in [0, 0.05) is 6.20 Å². The van der Waals surface area contributed by atoms with Crippen LogP contribution in [0.25, 0.3) is 44.1 Å². The molecule has 2 heterocycles. The molecule has 0 aliphatic carbocycles. The second kappa shape index (κ2) is 6.44. The maximum Gasteiger partial charge on any atom is 0.432 e. The Kier molecular flexibility index (Phi) is 3.87. The van der Waals surface area contributed by atoms with Crippen molar-refractivity contribution >= 4 is 21.5 Å². The summed E-state index contributed by atoms with van der Waals surface area (Å²) in [5, 5.41) is 10.4. The number of fused-ring (bicyclic) bond motifs is 3. The van der Waals surface area contributed by atoms with Gasteiger partial charge in [0.15, 0.2) is 0 Å². The Morgan fingerprint density at radius 1 is 0.690 bits per heavy atom. The van der Waals surface area contributed by atoms with Gasteiger partial charge in [-0.2, -0.15) is 18.3 Å². The number of benzene rings is 3. The third-order valence-electron chi connectivity index (χ3n) is 4.98. The fourth-order valence-corrected chi connectivity index (χ4v) is 3.54. The number of rotatable bonds is 2. The Bertz CT molecular complexity index is 1350. The van der Waals surface area contributed by atoms with Gasteiger partial charge in [-0.1, -0.05) is 48.5 Å². The number of nitrogens with one attached hydrogen (secondary N) is 1. The van der Waals surface area contributed by atoms with Crippen molar-refractivity contribution in [3.8, 4) is 22.5 Å². The molecule has 0 radical (unpaired) electrons. The number of halogens is 3. The number of pyridine rings is 1. The molecular weight excluding hydrogens is 375 g/mol. The number of nitrogens with zero attached hydrogens (tertiary/aromatic N) is 2. The Labute approximate surface area is 163 Å². The van der Waals surface area contributed by atoms with E-state index in [2.05, 4.69) is 46.5 Å². The monoisotopic (exact) mass is 389 g/mol. The van der Waals surface area contributed by atoms with Crippen LogP contribution in [0.1, 0.15) is 5.69 Å². The molecule has 6 heteroatoms. The van der Waals surface area contributed by atoms with Crippen LogP contribution in [0.2, 0.25) is 0 Å². The molecule has 3 nitrogen and oxygen atoms in total. The summed E-state index contributed by atoms with van der Waals surface area (Å²) in [6, 6.07) is 23.1. The van der Waals surface area contributed by atoms with Gasteiger partial charge in [-0.05, 0) is 56.9 Å². The van der Waals surface area contributed by atoms with E-state index in [9.17, 15) is 13.2 Å². The maximum atomic E-state index is 12.8. The summed E-state index contributed by atoms with van der Waals surface area (Å²) in [7, 11) is 0. The molecule has 0 saturated heterocycles. The number of H-pyrrole nitrogens is 1. The molecule has 0 aliphatic rings. The molecule has 0 amide bonds. The summed E-state index contributed by atoms with van der Waals surface area (Å²) >= 11 is 0. The van der Waals surface area contributed by atoms with Gasteiger partial charge >= 0.3 is 6.18 Å². The first kappa shape index (κ1) is 17.4. The lowest BCUT2D eigenvalue weighted by molar-refractivity contribution is -0.141. The third kappa shape index (κ3) is 3.12. The third-order valence-corrected chi connectivity index (χ3v) is 4.98. The molecule has 0 saturated carbocycles. The van der Waals surface area contributed by atoms with E-state index >= 15 is 0 Å². The zero-order chi connectivity index (χ0) is 20.0. The highest BCUT2D eigenvalue weighted by atomic mass is 19.4. The van der Waals surface area contributed by atoms with Gasteiger partial charge in [0.05, 0.1) is 5.69 Å². The molecule has 142 valence electrons. The van der Waals surface area contributed by atoms with Crippen molar-refractivity contribution in [1.29, 1.82) is 0 Å². The van der Waals surface area contributed by atoms with Crippen LogP contribution in [-0.2, 0) is 6.18 Å². The van der Waals surface area contributed by atoms with Crippen molar-refractivity contribution < 1.29 is 13.2 Å². The lowest BCUT2D eigenvalue weighted by atomic mass is 9.97. The zero-order valence-corrected chi connectivity index (χ0v) is 15.0. The van der Waals surface area contributed by atoms with Crippen LogP contribution in [0.5, 0.6) is 0 Å². The second-order valence-corrected chi connectivity index (χ2v) is 6.82. The highest BCUT2D eigenvalue weighted by Gasteiger charge is 2.33. The Balaban J connectivity index is 1.57. The summed E-state index contributed by atoms with van der Waals surface area (Å²) in [5.41, 5.74) is 1.47. The van der Waals surface area contributed by atoms with Gasteiger partial charge in [0.2, 0.25) is 0 Å². The average molecular weight is 389 g/mol. The lowest BCUT2D eigenvalue weighted by Gasteiger charge is -2.08. The normalized spacial score (nSPS) is 12.0. The molecular formula is C23H14F3N3. The first-order valence-electron chi connectivity index (χ1n) is 9.00. The molecule has 5 rings (SSSR count). The molecule has 0 unspecified atom stereocenters. The van der Waals surface area contributed by atoms with Gasteiger partial charge in [-0.15, -0.1) is 0 Å². The van der Waals surface area contributed by atoms with Crippen molar-refractivity contribution in [3.05, 3.63) is 84.7 Å². The molecule has 0 spiro atoms. The average Bonchev–Trinajstić information content (AvgIpc) is 3.24. The summed E-state index contributed by atoms with van der Waals surface area (Å²) in [6.45, 7) is 0. The van der Waals surface area contributed by atoms with Crippen molar-refractivity contribution in [1.82, 2.24) is 15.2 Å². The quantitative estimate of drug-likeness (QED) is 0.352. The standard InChI is InChI=1S/C23H14F3N3/c24-23(25,26)22-13-21(28-29-22)20-12-16(9-10-27-20)15-7-8-19-17(11-15)6-5-14-3-1-2-4-18(14)19/h1-13H,(H,28,29). The molecule has 0 aliphatic heterocycles. The molecule has 3 aromatic carbocycles. The first-order chi connectivity index (χ1) is 14.0. The molecule has 1 N–H and O–H groups in total. The van der Waals surface area contributed by atoms with E-state index in [0.29, 0.717) is 5.69 Å². The number of hydrogen-bond donors (Lipinski definition) is 1. The number of hydrogen-bond acceptors (Lipinski definition) is 2. The van der Waals surface area contributed by atoms with Crippen LogP contribution in [0, 0.1) is 0 Å². The summed E-state index contributed by atoms with van der Waals surface area (Å²) in [5.74, 6) is 0. The first-order valence-corrected chi connectivity index (χ1v) is 9.00. The fraction of sp³-hybridized carbons (Fsp3) is 0.0435. The van der Waals surface area contributed by atoms with Crippen LogP contribution in [0.15, 0.2) is 79.0 Å². The SMILES string of the molecule is FC(F)(F)c1cc(-c2cc(-c3ccc4c(ccc5ccccc54)c3)ccn2)n[nH]1. The fourth-order valence-electron chi connectivity index (χ4n) is 3.54. The Morgan fingerprint density at radius 2 is 1.45 bits per heavy atom. The Morgan fingerprint density at radius 3 is 2.28 bits per heavy atom. The summed E-state index contributed by atoms with van der Waals surface area (Å²) in [4.78, 5) is 4.18. The summed E-state index contributed by atoms with van der Waals surface area (Å²) < 4.78 is 38.5. The topological polar surface area (TPSA) is 41.6 Å². The van der Waals surface area contributed by atoms with E-state index in [1.54, 1.807) is 12.3 Å². The highest BCUT2D eigenvalue weighted by molar-refractivity contribution is 6.08. The van der Waals surface area contributed by atoms with Crippen LogP contribution in [0.3, 0.4) is 0 Å². The van der Waals surface area contributed by atoms with Gasteiger partial charge in [-0.25, -0.2) is 0 Å². The van der Waals surface area contributed by atoms with Crippen molar-refractivity contribution in [2.75, 3.05) is 0 Å². The Hall–Kier alpha value is -3.67. The molecule has 0 fully saturated rings. The predicted molar refractivity (Wildman–Crippen MR) is 107 cm³/mol. The zero-order valence-electron chi connectivity index (χ0n) is 15.0. The maximum absolute atomic E-state index is 12.8. The van der Waals surface area contributed by atoms with Crippen LogP contribution < -0.4 is 0 Å². The van der Waals surface area contributed by atoms with Crippen molar-refractivity contribution in [2.24, 2.45) is 0 Å². The van der Waals surface area contributed by atoms with Gasteiger partial charge in [-0.3, -0.25) is 10.1 Å². The van der Waals surface area contributed by atoms with E-state index in [1.807, 2.05) is 29.4 Å². The van der Waals surface area contributed by atoms with Crippen molar-refractivity contribution in [3.63, 3.8) is 0 Å². The van der Waals surface area contributed by atoms with E-state index in [-0.39, 0.29) is 5.69 Å². The van der Waals surface area contributed by atoms with E-state index in [4.69, 9.17) is 0 Å². The van der Waals surface area contributed by atoms with Crippen LogP contribution >= 0.6 is 0 Å². The summed E-state index contributed by atoms with van der Waals surface area (Å²) in [6.07, 6.45) is -2.89. The largest absolute Gasteiger partial charge is 0.432 e. The van der Waals surface area contributed by atoms with Gasteiger partial charge in [0.1, 0.15) is 11.4 Å². The molecule has 0 atom stereocenters. The van der Waals surface area contributed by atoms with E-state index < -0.39 is 11.9 Å². The van der Waals surface area contributed by atoms with E-state index in [1.165, 1.54) is 10.8 Å². The van der Waals surface area contributed by atoms with Gasteiger partial charge < -0.3 is 0 Å². The minimum absolute atomic E-state index is 0.158. The molecule has 2 aromatic heterocycles. The smallest absolute Gasteiger partial charge is 0.273 e. The molecule has 29 heavy (non-hydrogen) atoms. The predicted octanol–water partition coefficient (Wildman–Crippen LogP) is 6.46. The number of aromatic amines is 1. The minimum atomic E-state index is -4.47. The van der Waals surface area contributed by atoms with Crippen LogP contribution in [0.4, 0.5) is 13.2 Å². The lowest BCUT2D eigenvalue weighted by Crippen LogP contribution is -2.04. The van der Waals surface area contributed by atoms with Crippen LogP contribution in [-0.4, -0.2) is 15.2 Å². The highest BCUT2D eigenvalue weighted by Crippen LogP contribution is 2.32. The van der Waals surface area contributed by atoms with E-state index in [0.717, 1.165) is 28.0 Å². The van der Waals surface area contributed by atoms with Gasteiger partial charge in [0.25, 0.3) is 0 Å². The van der Waals surface area contributed by atoms with Crippen molar-refractivity contribution in [2.45, 2.75) is 6.18 Å². The number of alkyl halides is 3. The number of aromatic nitrogens is 3. The molecule has 5 aromatic rings.